The molecule has 1 atom stereocenters. The fraction of sp³-hybridized carbons (Fsp3) is 0.250. The smallest absolute Gasteiger partial charge is 0.335 e. The summed E-state index contributed by atoms with van der Waals surface area (Å²) in [7, 11) is 0. The molecule has 23 heavy (non-hydrogen) atoms. The van der Waals surface area contributed by atoms with E-state index in [9.17, 15) is 9.59 Å². The minimum Gasteiger partial charge on any atom is -0.478 e. The molecule has 2 heterocycles. The van der Waals surface area contributed by atoms with Gasteiger partial charge in [-0.1, -0.05) is 12.1 Å². The molecular weight excluding hydrogens is 296 g/mol. The van der Waals surface area contributed by atoms with Crippen LogP contribution in [-0.4, -0.2) is 39.5 Å². The van der Waals surface area contributed by atoms with Crippen molar-refractivity contribution in [2.75, 3.05) is 11.9 Å². The fourth-order valence-corrected chi connectivity index (χ4v) is 2.45. The highest BCUT2D eigenvalue weighted by Gasteiger charge is 2.22. The van der Waals surface area contributed by atoms with Gasteiger partial charge in [-0.25, -0.2) is 9.78 Å². The topological polar surface area (TPSA) is 104 Å². The maximum Gasteiger partial charge on any atom is 0.335 e. The van der Waals surface area contributed by atoms with Crippen LogP contribution in [0.1, 0.15) is 23.2 Å². The summed E-state index contributed by atoms with van der Waals surface area (Å²) in [6.07, 6.45) is 4.86. The van der Waals surface area contributed by atoms with Crippen LogP contribution in [0.15, 0.2) is 36.7 Å². The van der Waals surface area contributed by atoms with Gasteiger partial charge in [-0.3, -0.25) is 9.78 Å². The van der Waals surface area contributed by atoms with Gasteiger partial charge in [0.1, 0.15) is 0 Å². The van der Waals surface area contributed by atoms with Crippen molar-refractivity contribution in [3.63, 3.8) is 0 Å². The lowest BCUT2D eigenvalue weighted by molar-refractivity contribution is -0.117. The number of carbonyl (C=O) groups excluding carboxylic acids is 1. The third-order valence-electron chi connectivity index (χ3n) is 3.71. The molecule has 7 heteroatoms. The summed E-state index contributed by atoms with van der Waals surface area (Å²) in [6.45, 7) is 0.856. The summed E-state index contributed by atoms with van der Waals surface area (Å²) < 4.78 is 0. The second kappa shape index (κ2) is 6.53. The first-order chi connectivity index (χ1) is 11.1. The standard InChI is InChI=1S/C16H16N4O3/c21-15(12-2-1-7-17-12)20-14-9-18-13(8-19-14)10-3-5-11(6-4-10)16(22)23/h3-6,8-9,12,17H,1-2,7H2,(H,22,23)(H,19,20,21)/t12-/m1/s1. The van der Waals surface area contributed by atoms with Gasteiger partial charge in [0.2, 0.25) is 5.91 Å². The summed E-state index contributed by atoms with van der Waals surface area (Å²) in [5.41, 5.74) is 1.59. The number of anilines is 1. The number of nitrogens with zero attached hydrogens (tertiary/aromatic N) is 2. The second-order valence-corrected chi connectivity index (χ2v) is 5.31. The second-order valence-electron chi connectivity index (χ2n) is 5.31. The van der Waals surface area contributed by atoms with Crippen molar-refractivity contribution >= 4 is 17.7 Å². The number of carboxylic acids is 1. The number of nitrogens with one attached hydrogen (secondary N) is 2. The first kappa shape index (κ1) is 15.1. The average molecular weight is 312 g/mol. The van der Waals surface area contributed by atoms with Gasteiger partial charge in [0.15, 0.2) is 5.82 Å². The Kier molecular flexibility index (Phi) is 4.29. The van der Waals surface area contributed by atoms with E-state index in [1.807, 2.05) is 0 Å². The molecule has 0 spiro atoms. The molecule has 7 nitrogen and oxygen atoms in total. The van der Waals surface area contributed by atoms with Crippen LogP contribution in [0.3, 0.4) is 0 Å². The summed E-state index contributed by atoms with van der Waals surface area (Å²) >= 11 is 0. The third kappa shape index (κ3) is 3.51. The van der Waals surface area contributed by atoms with E-state index in [1.165, 1.54) is 18.3 Å². The van der Waals surface area contributed by atoms with Crippen LogP contribution >= 0.6 is 0 Å². The minimum absolute atomic E-state index is 0.102. The highest BCUT2D eigenvalue weighted by atomic mass is 16.4. The molecule has 1 aromatic carbocycles. The zero-order valence-electron chi connectivity index (χ0n) is 12.3. The van der Waals surface area contributed by atoms with Gasteiger partial charge >= 0.3 is 5.97 Å². The number of carbonyl (C=O) groups is 2. The van der Waals surface area contributed by atoms with Crippen molar-refractivity contribution < 1.29 is 14.7 Å². The Labute approximate surface area is 132 Å². The quantitative estimate of drug-likeness (QED) is 0.791. The van der Waals surface area contributed by atoms with Crippen LogP contribution in [0.25, 0.3) is 11.3 Å². The number of aromatic nitrogens is 2. The van der Waals surface area contributed by atoms with Crippen LogP contribution in [0.4, 0.5) is 5.82 Å². The molecule has 118 valence electrons. The van der Waals surface area contributed by atoms with Crippen LogP contribution in [-0.2, 0) is 4.79 Å². The molecule has 3 rings (SSSR count). The number of hydrogen-bond acceptors (Lipinski definition) is 5. The monoisotopic (exact) mass is 312 g/mol. The van der Waals surface area contributed by atoms with Gasteiger partial charge in [-0.2, -0.15) is 0 Å². The van der Waals surface area contributed by atoms with E-state index in [1.54, 1.807) is 18.3 Å². The van der Waals surface area contributed by atoms with Gasteiger partial charge in [-0.15, -0.1) is 0 Å². The van der Waals surface area contributed by atoms with Crippen molar-refractivity contribution in [3.8, 4) is 11.3 Å². The summed E-state index contributed by atoms with van der Waals surface area (Å²) in [5.74, 6) is -0.675. The van der Waals surface area contributed by atoms with Crippen LogP contribution in [0.2, 0.25) is 0 Å². The highest BCUT2D eigenvalue weighted by molar-refractivity contribution is 5.94. The first-order valence-corrected chi connectivity index (χ1v) is 7.33. The van der Waals surface area contributed by atoms with E-state index in [4.69, 9.17) is 5.11 Å². The molecule has 1 amide bonds. The normalized spacial score (nSPS) is 17.0. The average Bonchev–Trinajstić information content (AvgIpc) is 3.10. The Morgan fingerprint density at radius 3 is 2.52 bits per heavy atom. The Morgan fingerprint density at radius 1 is 1.17 bits per heavy atom. The number of amides is 1. The fourth-order valence-electron chi connectivity index (χ4n) is 2.45. The number of aromatic carboxylic acids is 1. The number of carboxylic acid groups (broad SMARTS) is 1. The Morgan fingerprint density at radius 2 is 1.96 bits per heavy atom. The molecule has 1 fully saturated rings. The summed E-state index contributed by atoms with van der Waals surface area (Å²) in [5, 5.41) is 14.7. The zero-order chi connectivity index (χ0) is 16.2. The lowest BCUT2D eigenvalue weighted by Crippen LogP contribution is -2.35. The highest BCUT2D eigenvalue weighted by Crippen LogP contribution is 2.18. The largest absolute Gasteiger partial charge is 0.478 e. The summed E-state index contributed by atoms with van der Waals surface area (Å²) in [6, 6.07) is 6.21. The number of hydrogen-bond donors (Lipinski definition) is 3. The molecule has 1 aliphatic heterocycles. The predicted octanol–water partition coefficient (Wildman–Crippen LogP) is 1.53. The van der Waals surface area contributed by atoms with Gasteiger partial charge in [0.05, 0.1) is 29.7 Å². The molecule has 1 aromatic heterocycles. The first-order valence-electron chi connectivity index (χ1n) is 7.33. The van der Waals surface area contributed by atoms with Crippen molar-refractivity contribution in [1.82, 2.24) is 15.3 Å². The van der Waals surface area contributed by atoms with Crippen LogP contribution < -0.4 is 10.6 Å². The predicted molar refractivity (Wildman–Crippen MR) is 84.1 cm³/mol. The van der Waals surface area contributed by atoms with Crippen LogP contribution in [0.5, 0.6) is 0 Å². The molecule has 0 radical (unpaired) electrons. The van der Waals surface area contributed by atoms with Crippen molar-refractivity contribution in [1.29, 1.82) is 0 Å². The molecular formula is C16H16N4O3. The molecule has 2 aromatic rings. The van der Waals surface area contributed by atoms with E-state index in [-0.39, 0.29) is 17.5 Å². The molecule has 0 aliphatic carbocycles. The lowest BCUT2D eigenvalue weighted by atomic mass is 10.1. The molecule has 0 saturated carbocycles. The Balaban J connectivity index is 1.68. The maximum atomic E-state index is 12.0. The lowest BCUT2D eigenvalue weighted by Gasteiger charge is -2.10. The Hall–Kier alpha value is -2.80. The number of benzene rings is 1. The van der Waals surface area contributed by atoms with Crippen molar-refractivity contribution in [3.05, 3.63) is 42.2 Å². The van der Waals surface area contributed by atoms with Crippen LogP contribution in [0, 0.1) is 0 Å². The zero-order valence-corrected chi connectivity index (χ0v) is 12.3. The third-order valence-corrected chi connectivity index (χ3v) is 3.71. The Bertz CT molecular complexity index is 707. The van der Waals surface area contributed by atoms with E-state index >= 15 is 0 Å². The molecule has 1 saturated heterocycles. The van der Waals surface area contributed by atoms with Crippen molar-refractivity contribution in [2.45, 2.75) is 18.9 Å². The molecule has 0 bridgehead atoms. The van der Waals surface area contributed by atoms with E-state index in [0.717, 1.165) is 24.9 Å². The van der Waals surface area contributed by atoms with Gasteiger partial charge in [-0.05, 0) is 31.5 Å². The van der Waals surface area contributed by atoms with Gasteiger partial charge in [0.25, 0.3) is 0 Å². The van der Waals surface area contributed by atoms with E-state index in [2.05, 4.69) is 20.6 Å². The molecule has 0 unspecified atom stereocenters. The van der Waals surface area contributed by atoms with E-state index in [0.29, 0.717) is 11.5 Å². The van der Waals surface area contributed by atoms with E-state index < -0.39 is 5.97 Å². The SMILES string of the molecule is O=C(O)c1ccc(-c2cnc(NC(=O)[C@H]3CCCN3)cn2)cc1. The van der Waals surface area contributed by atoms with Gasteiger partial charge < -0.3 is 15.7 Å². The minimum atomic E-state index is -0.971. The summed E-state index contributed by atoms with van der Waals surface area (Å²) in [4.78, 5) is 31.2. The maximum absolute atomic E-state index is 12.0. The molecule has 1 aliphatic rings. The van der Waals surface area contributed by atoms with Gasteiger partial charge in [0, 0.05) is 5.56 Å². The number of rotatable bonds is 4. The molecule has 3 N–H and O–H groups in total. The van der Waals surface area contributed by atoms with Crippen molar-refractivity contribution in [2.24, 2.45) is 0 Å².